The van der Waals surface area contributed by atoms with E-state index in [4.69, 9.17) is 0 Å². The predicted molar refractivity (Wildman–Crippen MR) is 83.7 cm³/mol. The molecule has 2 N–H and O–H groups in total. The lowest BCUT2D eigenvalue weighted by atomic mass is 10.0. The average molecular weight is 326 g/mol. The van der Waals surface area contributed by atoms with E-state index in [-0.39, 0.29) is 6.04 Å². The third kappa shape index (κ3) is 2.19. The van der Waals surface area contributed by atoms with Crippen LogP contribution < -0.4 is 10.0 Å². The molecule has 0 radical (unpaired) electrons. The monoisotopic (exact) mass is 326 g/mol. The molecule has 3 saturated carbocycles. The summed E-state index contributed by atoms with van der Waals surface area (Å²) in [6.45, 7) is 2.71. The van der Waals surface area contributed by atoms with E-state index in [0.717, 1.165) is 28.8 Å². The van der Waals surface area contributed by atoms with Crippen LogP contribution in [0.4, 0.5) is 0 Å². The lowest BCUT2D eigenvalue weighted by Gasteiger charge is -2.10. The van der Waals surface area contributed by atoms with Gasteiger partial charge in [0.2, 0.25) is 10.0 Å². The molecule has 4 atom stereocenters. The van der Waals surface area contributed by atoms with Gasteiger partial charge < -0.3 is 5.32 Å². The first-order valence-corrected chi connectivity index (χ1v) is 10.1. The minimum atomic E-state index is -3.34. The largest absolute Gasteiger partial charge is 0.315 e. The molecule has 1 aromatic heterocycles. The average Bonchev–Trinajstić information content (AvgIpc) is 2.83. The second kappa shape index (κ2) is 4.78. The molecule has 4 nitrogen and oxygen atoms in total. The van der Waals surface area contributed by atoms with Crippen molar-refractivity contribution >= 4 is 21.4 Å². The van der Waals surface area contributed by atoms with Crippen LogP contribution in [0.2, 0.25) is 0 Å². The third-order valence-corrected chi connectivity index (χ3v) is 8.80. The number of nitrogens with one attached hydrogen (secondary N) is 2. The molecular weight excluding hydrogens is 304 g/mol. The Morgan fingerprint density at radius 2 is 1.95 bits per heavy atom. The zero-order valence-electron chi connectivity index (χ0n) is 12.4. The molecule has 3 aliphatic rings. The molecule has 0 amide bonds. The van der Waals surface area contributed by atoms with E-state index in [1.807, 2.05) is 20.0 Å². The van der Waals surface area contributed by atoms with Crippen LogP contribution in [0.1, 0.15) is 29.7 Å². The van der Waals surface area contributed by atoms with E-state index in [9.17, 15) is 8.42 Å². The van der Waals surface area contributed by atoms with Gasteiger partial charge in [-0.05, 0) is 68.5 Å². The van der Waals surface area contributed by atoms with Crippen LogP contribution in [0.25, 0.3) is 0 Å². The van der Waals surface area contributed by atoms with Crippen molar-refractivity contribution in [2.75, 3.05) is 7.05 Å². The highest BCUT2D eigenvalue weighted by molar-refractivity contribution is 7.91. The van der Waals surface area contributed by atoms with E-state index in [0.29, 0.717) is 16.0 Å². The first-order chi connectivity index (χ1) is 10.0. The van der Waals surface area contributed by atoms with Crippen molar-refractivity contribution in [3.05, 3.63) is 16.5 Å². The lowest BCUT2D eigenvalue weighted by Crippen LogP contribution is -2.29. The molecular formula is C15H22N2O2S2. The fourth-order valence-electron chi connectivity index (χ4n) is 4.68. The zero-order chi connectivity index (χ0) is 14.8. The number of fused-ring (bicyclic) bond motifs is 5. The summed E-state index contributed by atoms with van der Waals surface area (Å²) >= 11 is 1.39. The smallest absolute Gasteiger partial charge is 0.250 e. The van der Waals surface area contributed by atoms with E-state index < -0.39 is 10.0 Å². The molecule has 1 heterocycles. The van der Waals surface area contributed by atoms with Gasteiger partial charge in [0.15, 0.2) is 0 Å². The number of hydrogen-bond donors (Lipinski definition) is 2. The Balaban J connectivity index is 1.51. The molecule has 3 aliphatic carbocycles. The first kappa shape index (κ1) is 14.2. The van der Waals surface area contributed by atoms with Gasteiger partial charge in [0.05, 0.1) is 0 Å². The molecule has 2 bridgehead atoms. The van der Waals surface area contributed by atoms with Gasteiger partial charge in [-0.25, -0.2) is 13.1 Å². The van der Waals surface area contributed by atoms with Gasteiger partial charge in [-0.3, -0.25) is 0 Å². The van der Waals surface area contributed by atoms with Crippen molar-refractivity contribution in [1.82, 2.24) is 10.0 Å². The lowest BCUT2D eigenvalue weighted by molar-refractivity contribution is 0.456. The maximum Gasteiger partial charge on any atom is 0.250 e. The van der Waals surface area contributed by atoms with Gasteiger partial charge in [0, 0.05) is 17.5 Å². The summed E-state index contributed by atoms with van der Waals surface area (Å²) in [6.07, 6.45) is 3.97. The fourth-order valence-corrected chi connectivity index (χ4v) is 7.60. The highest BCUT2D eigenvalue weighted by Crippen LogP contribution is 2.65. The Kier molecular flexibility index (Phi) is 3.23. The number of sulfonamides is 1. The molecule has 0 aliphatic heterocycles. The van der Waals surface area contributed by atoms with E-state index in [1.54, 1.807) is 0 Å². The quantitative estimate of drug-likeness (QED) is 0.871. The molecule has 0 saturated heterocycles. The van der Waals surface area contributed by atoms with E-state index >= 15 is 0 Å². The predicted octanol–water partition coefficient (Wildman–Crippen LogP) is 2.10. The van der Waals surface area contributed by atoms with Crippen LogP contribution >= 0.6 is 11.3 Å². The summed E-state index contributed by atoms with van der Waals surface area (Å²) in [4.78, 5) is 1.11. The van der Waals surface area contributed by atoms with E-state index in [2.05, 4.69) is 10.0 Å². The van der Waals surface area contributed by atoms with Gasteiger partial charge in [0.1, 0.15) is 4.21 Å². The fraction of sp³-hybridized carbons (Fsp3) is 0.733. The van der Waals surface area contributed by atoms with Gasteiger partial charge in [-0.2, -0.15) is 0 Å². The van der Waals surface area contributed by atoms with Crippen molar-refractivity contribution in [2.24, 2.45) is 23.7 Å². The Labute approximate surface area is 130 Å². The van der Waals surface area contributed by atoms with Gasteiger partial charge in [-0.1, -0.05) is 0 Å². The number of hydrogen-bond acceptors (Lipinski definition) is 4. The Hall–Kier alpha value is -0.430. The van der Waals surface area contributed by atoms with Crippen LogP contribution in [0.3, 0.4) is 0 Å². The normalized spacial score (nSPS) is 37.0. The van der Waals surface area contributed by atoms with Crippen molar-refractivity contribution in [2.45, 2.75) is 43.0 Å². The number of rotatable bonds is 5. The van der Waals surface area contributed by atoms with Gasteiger partial charge in [-0.15, -0.1) is 11.3 Å². The Morgan fingerprint density at radius 3 is 2.57 bits per heavy atom. The molecule has 0 spiro atoms. The van der Waals surface area contributed by atoms with Crippen LogP contribution in [0.15, 0.2) is 10.3 Å². The van der Waals surface area contributed by atoms with Crippen LogP contribution in [0.5, 0.6) is 0 Å². The van der Waals surface area contributed by atoms with Crippen LogP contribution in [0, 0.1) is 30.6 Å². The number of aryl methyl sites for hydroxylation is 1. The maximum absolute atomic E-state index is 12.6. The summed E-state index contributed by atoms with van der Waals surface area (Å²) in [5.74, 6) is 2.85. The molecule has 1 aromatic rings. The van der Waals surface area contributed by atoms with E-state index in [1.165, 1.54) is 30.6 Å². The summed E-state index contributed by atoms with van der Waals surface area (Å²) < 4.78 is 28.7. The third-order valence-electron chi connectivity index (χ3n) is 5.63. The summed E-state index contributed by atoms with van der Waals surface area (Å²) in [5, 5.41) is 3.09. The maximum atomic E-state index is 12.6. The van der Waals surface area contributed by atoms with Gasteiger partial charge >= 0.3 is 0 Å². The van der Waals surface area contributed by atoms with Crippen LogP contribution in [-0.2, 0) is 16.6 Å². The summed E-state index contributed by atoms with van der Waals surface area (Å²) in [5.41, 5.74) is 1.06. The molecule has 21 heavy (non-hydrogen) atoms. The molecule has 116 valence electrons. The molecule has 6 heteroatoms. The molecule has 3 fully saturated rings. The summed E-state index contributed by atoms with van der Waals surface area (Å²) in [6, 6.07) is 2.03. The number of thiophene rings is 1. The van der Waals surface area contributed by atoms with Crippen molar-refractivity contribution in [1.29, 1.82) is 0 Å². The van der Waals surface area contributed by atoms with Crippen LogP contribution in [-0.4, -0.2) is 21.5 Å². The van der Waals surface area contributed by atoms with Crippen molar-refractivity contribution in [3.8, 4) is 0 Å². The minimum absolute atomic E-state index is 0.219. The molecule has 4 unspecified atom stereocenters. The minimum Gasteiger partial charge on any atom is -0.315 e. The molecule has 4 rings (SSSR count). The second-order valence-electron chi connectivity index (χ2n) is 6.84. The standard InChI is InChI=1S/C15H22N2O2S2/c1-8-5-12(20-11(8)7-16-2)21(18,19)17-15-13-9-3-4-10(6-9)14(13)15/h5,9-10,13-17H,3-4,6-7H2,1-2H3. The Morgan fingerprint density at radius 1 is 1.29 bits per heavy atom. The zero-order valence-corrected chi connectivity index (χ0v) is 14.1. The second-order valence-corrected chi connectivity index (χ2v) is 9.91. The van der Waals surface area contributed by atoms with Crippen molar-refractivity contribution in [3.63, 3.8) is 0 Å². The van der Waals surface area contributed by atoms with Crippen molar-refractivity contribution < 1.29 is 8.42 Å². The SMILES string of the molecule is CNCc1sc(S(=O)(=O)NC2C3C4CCC(C4)C23)cc1C. The Bertz CT molecular complexity index is 651. The highest BCUT2D eigenvalue weighted by Gasteiger charge is 2.65. The first-order valence-electron chi connectivity index (χ1n) is 7.77. The highest BCUT2D eigenvalue weighted by atomic mass is 32.2. The summed E-state index contributed by atoms with van der Waals surface area (Å²) in [7, 11) is -1.46. The molecule has 0 aromatic carbocycles. The van der Waals surface area contributed by atoms with Gasteiger partial charge in [0.25, 0.3) is 0 Å². The topological polar surface area (TPSA) is 58.2 Å².